The summed E-state index contributed by atoms with van der Waals surface area (Å²) in [4.78, 5) is 6.70. The molecule has 0 amide bonds. The normalized spacial score (nSPS) is 19.0. The summed E-state index contributed by atoms with van der Waals surface area (Å²) >= 11 is 6.66. The van der Waals surface area contributed by atoms with Crippen LogP contribution in [0.4, 0.5) is 0 Å². The summed E-state index contributed by atoms with van der Waals surface area (Å²) in [5.74, 6) is 0.651. The van der Waals surface area contributed by atoms with Gasteiger partial charge in [-0.25, -0.2) is 4.99 Å². The molecule has 192 valence electrons. The number of aliphatic imine (C=N–C) groups is 1. The molecule has 2 aliphatic rings. The van der Waals surface area contributed by atoms with E-state index in [1.54, 1.807) is 7.11 Å². The average Bonchev–Trinajstić information content (AvgIpc) is 3.12. The van der Waals surface area contributed by atoms with Crippen molar-refractivity contribution in [3.63, 3.8) is 0 Å². The van der Waals surface area contributed by atoms with Crippen molar-refractivity contribution in [3.05, 3.63) is 69.9 Å². The van der Waals surface area contributed by atoms with Crippen LogP contribution in [0.5, 0.6) is 0 Å². The fourth-order valence-electron chi connectivity index (χ4n) is 4.39. The van der Waals surface area contributed by atoms with Crippen molar-refractivity contribution < 1.29 is 14.2 Å². The van der Waals surface area contributed by atoms with E-state index in [0.717, 1.165) is 61.5 Å². The van der Waals surface area contributed by atoms with E-state index in [2.05, 4.69) is 55.4 Å². The lowest BCUT2D eigenvalue weighted by atomic mass is 9.84. The second kappa shape index (κ2) is 14.4. The second-order valence-electron chi connectivity index (χ2n) is 9.06. The van der Waals surface area contributed by atoms with E-state index >= 15 is 0 Å². The first kappa shape index (κ1) is 27.5. The minimum Gasteiger partial charge on any atom is -0.381 e. The van der Waals surface area contributed by atoms with E-state index in [0.29, 0.717) is 25.7 Å². The predicted molar refractivity (Wildman–Crippen MR) is 144 cm³/mol. The summed E-state index contributed by atoms with van der Waals surface area (Å²) in [5, 5.41) is 0.797. The molecular weight excluding hydrogens is 462 g/mol. The van der Waals surface area contributed by atoms with E-state index < -0.39 is 0 Å². The zero-order valence-corrected chi connectivity index (χ0v) is 22.1. The van der Waals surface area contributed by atoms with Crippen molar-refractivity contribution in [3.8, 4) is 0 Å². The van der Waals surface area contributed by atoms with Gasteiger partial charge in [0.05, 0.1) is 13.2 Å². The van der Waals surface area contributed by atoms with Gasteiger partial charge in [0.2, 0.25) is 0 Å². The third kappa shape index (κ3) is 8.50. The number of aryl methyl sites for hydroxylation is 1. The molecule has 0 aromatic heterocycles. The molecule has 0 radical (unpaired) electrons. The summed E-state index contributed by atoms with van der Waals surface area (Å²) in [7, 11) is 1.71. The first-order valence-corrected chi connectivity index (χ1v) is 13.0. The number of ether oxygens (including phenoxy) is 3. The van der Waals surface area contributed by atoms with Crippen LogP contribution in [0.25, 0.3) is 0 Å². The zero-order valence-electron chi connectivity index (χ0n) is 21.3. The summed E-state index contributed by atoms with van der Waals surface area (Å²) in [5.41, 5.74) is 11.0. The van der Waals surface area contributed by atoms with Gasteiger partial charge < -0.3 is 24.8 Å². The van der Waals surface area contributed by atoms with E-state index in [4.69, 9.17) is 31.5 Å². The van der Waals surface area contributed by atoms with Crippen molar-refractivity contribution in [2.24, 2.45) is 16.6 Å². The molecule has 0 spiro atoms. The lowest BCUT2D eigenvalue weighted by Gasteiger charge is -2.30. The van der Waals surface area contributed by atoms with Crippen molar-refractivity contribution in [1.29, 1.82) is 0 Å². The monoisotopic (exact) mass is 501 g/mol. The molecule has 0 bridgehead atoms. The number of nitrogens with two attached hydrogens (primary N) is 1. The smallest absolute Gasteiger partial charge is 0.195 e. The number of halogens is 1. The molecular formula is C28H40ClN3O3. The third-order valence-corrected chi connectivity index (χ3v) is 6.64. The van der Waals surface area contributed by atoms with Crippen LogP contribution in [0.15, 0.2) is 58.8 Å². The van der Waals surface area contributed by atoms with Crippen LogP contribution in [0.2, 0.25) is 5.02 Å². The lowest BCUT2D eigenvalue weighted by Crippen LogP contribution is -2.39. The quantitative estimate of drug-likeness (QED) is 0.411. The molecule has 1 atom stereocenters. The first-order valence-electron chi connectivity index (χ1n) is 12.6. The highest BCUT2D eigenvalue weighted by Gasteiger charge is 2.24. The van der Waals surface area contributed by atoms with Gasteiger partial charge in [0, 0.05) is 50.4 Å². The number of hydrogen-bond donors (Lipinski definition) is 1. The Hall–Kier alpha value is -2.12. The Kier molecular flexibility index (Phi) is 11.3. The number of hydrogen-bond acceptors (Lipinski definition) is 6. The minimum absolute atomic E-state index is 0.119. The standard InChI is InChI=1S/C28H40ClN3O3/c1-4-8-22(9-7-14-33-3)25(18-23-11-10-21(2)17-26(23)29)24-19-31-28(30)32(20-24)13-12-27-34-15-5-6-16-35-27/h7-11,17,20,25,27H,4-6,12-16,18-19H2,1-3H3,(H2,30,31)/b9-7-,22-8+. The maximum absolute atomic E-state index is 6.66. The van der Waals surface area contributed by atoms with E-state index in [9.17, 15) is 0 Å². The van der Waals surface area contributed by atoms with Crippen LogP contribution in [0, 0.1) is 12.8 Å². The number of nitrogens with zero attached hydrogens (tertiary/aromatic N) is 2. The van der Waals surface area contributed by atoms with Crippen LogP contribution in [-0.2, 0) is 20.6 Å². The van der Waals surface area contributed by atoms with Gasteiger partial charge in [-0.15, -0.1) is 0 Å². The van der Waals surface area contributed by atoms with E-state index in [-0.39, 0.29) is 12.2 Å². The second-order valence-corrected chi connectivity index (χ2v) is 9.47. The zero-order chi connectivity index (χ0) is 25.0. The molecule has 6 nitrogen and oxygen atoms in total. The largest absolute Gasteiger partial charge is 0.381 e. The molecule has 1 aromatic carbocycles. The number of methoxy groups -OCH3 is 1. The molecule has 1 unspecified atom stereocenters. The SMILES string of the molecule is CC/C=C(\C=C/COC)C(Cc1ccc(C)cc1Cl)C1=CN(CCC2OCCCCO2)C(N)=NC1. The highest BCUT2D eigenvalue weighted by Crippen LogP contribution is 2.31. The summed E-state index contributed by atoms with van der Waals surface area (Å²) in [6.07, 6.45) is 13.0. The molecule has 35 heavy (non-hydrogen) atoms. The molecule has 1 saturated heterocycles. The lowest BCUT2D eigenvalue weighted by molar-refractivity contribution is -0.130. The van der Waals surface area contributed by atoms with Crippen LogP contribution < -0.4 is 5.73 Å². The highest BCUT2D eigenvalue weighted by molar-refractivity contribution is 6.31. The van der Waals surface area contributed by atoms with Crippen molar-refractivity contribution in [2.75, 3.05) is 40.0 Å². The Morgan fingerprint density at radius 2 is 2.09 bits per heavy atom. The fraction of sp³-hybridized carbons (Fsp3) is 0.536. The van der Waals surface area contributed by atoms with Gasteiger partial charge in [0.25, 0.3) is 0 Å². The maximum atomic E-state index is 6.66. The summed E-state index contributed by atoms with van der Waals surface area (Å²) < 4.78 is 16.9. The van der Waals surface area contributed by atoms with E-state index in [1.807, 2.05) is 11.0 Å². The maximum Gasteiger partial charge on any atom is 0.195 e. The van der Waals surface area contributed by atoms with Crippen LogP contribution in [0.1, 0.15) is 43.7 Å². The fourth-order valence-corrected chi connectivity index (χ4v) is 4.70. The van der Waals surface area contributed by atoms with Gasteiger partial charge in [-0.05, 0) is 60.9 Å². The summed E-state index contributed by atoms with van der Waals surface area (Å²) in [6.45, 7) is 7.52. The van der Waals surface area contributed by atoms with Crippen molar-refractivity contribution in [1.82, 2.24) is 4.90 Å². The average molecular weight is 502 g/mol. The Bertz CT molecular complexity index is 933. The minimum atomic E-state index is -0.196. The molecule has 3 rings (SSSR count). The molecule has 2 aliphatic heterocycles. The Balaban J connectivity index is 1.86. The van der Waals surface area contributed by atoms with Gasteiger partial charge in [0.15, 0.2) is 12.2 Å². The Labute approximate surface area is 215 Å². The van der Waals surface area contributed by atoms with Crippen molar-refractivity contribution in [2.45, 2.75) is 52.2 Å². The first-order chi connectivity index (χ1) is 17.0. The van der Waals surface area contributed by atoms with Gasteiger partial charge in [0.1, 0.15) is 0 Å². The predicted octanol–water partition coefficient (Wildman–Crippen LogP) is 5.40. The molecule has 0 saturated carbocycles. The Morgan fingerprint density at radius 3 is 2.77 bits per heavy atom. The van der Waals surface area contributed by atoms with Crippen LogP contribution in [0.3, 0.4) is 0 Å². The Morgan fingerprint density at radius 1 is 1.31 bits per heavy atom. The summed E-state index contributed by atoms with van der Waals surface area (Å²) in [6, 6.07) is 6.28. The third-order valence-electron chi connectivity index (χ3n) is 6.29. The van der Waals surface area contributed by atoms with Gasteiger partial charge in [-0.1, -0.05) is 48.9 Å². The number of allylic oxidation sites excluding steroid dienone is 3. The molecule has 0 aliphatic carbocycles. The van der Waals surface area contributed by atoms with E-state index in [1.165, 1.54) is 11.1 Å². The topological polar surface area (TPSA) is 69.3 Å². The number of rotatable bonds is 11. The van der Waals surface area contributed by atoms with Gasteiger partial charge >= 0.3 is 0 Å². The number of benzene rings is 1. The molecule has 1 aromatic rings. The van der Waals surface area contributed by atoms with Crippen LogP contribution in [-0.4, -0.2) is 57.2 Å². The van der Waals surface area contributed by atoms with Crippen molar-refractivity contribution >= 4 is 17.6 Å². The molecule has 1 fully saturated rings. The molecule has 2 heterocycles. The highest BCUT2D eigenvalue weighted by atomic mass is 35.5. The van der Waals surface area contributed by atoms with Gasteiger partial charge in [-0.3, -0.25) is 0 Å². The molecule has 7 heteroatoms. The number of guanidine groups is 1. The van der Waals surface area contributed by atoms with Crippen LogP contribution >= 0.6 is 11.6 Å². The van der Waals surface area contributed by atoms with Gasteiger partial charge in [-0.2, -0.15) is 0 Å². The molecule has 2 N–H and O–H groups in total.